The number of hydrogen-bond donors (Lipinski definition) is 1. The highest BCUT2D eigenvalue weighted by atomic mass is 35.5. The van der Waals surface area contributed by atoms with E-state index in [4.69, 9.17) is 38.7 Å². The number of methoxy groups -OCH3 is 1. The summed E-state index contributed by atoms with van der Waals surface area (Å²) in [6.07, 6.45) is 3.51. The maximum Gasteiger partial charge on any atom is 0.151 e. The lowest BCUT2D eigenvalue weighted by Gasteiger charge is -2.11. The molecule has 0 amide bonds. The van der Waals surface area contributed by atoms with Crippen molar-refractivity contribution >= 4 is 51.8 Å². The van der Waals surface area contributed by atoms with E-state index in [1.807, 2.05) is 19.1 Å². The highest BCUT2D eigenvalue weighted by Crippen LogP contribution is 2.30. The third-order valence-corrected chi connectivity index (χ3v) is 6.09. The van der Waals surface area contributed by atoms with Crippen LogP contribution in [0.4, 0.5) is 5.82 Å². The van der Waals surface area contributed by atoms with Crippen LogP contribution in [0.1, 0.15) is 17.8 Å². The molecule has 0 saturated heterocycles. The van der Waals surface area contributed by atoms with Crippen LogP contribution in [0.25, 0.3) is 11.0 Å². The number of hydrogen-bond acceptors (Lipinski definition) is 5. The Balaban J connectivity index is 1.75. The van der Waals surface area contributed by atoms with E-state index in [1.54, 1.807) is 31.1 Å². The fourth-order valence-corrected chi connectivity index (χ4v) is 4.41. The van der Waals surface area contributed by atoms with Crippen LogP contribution in [0.15, 0.2) is 29.3 Å². The van der Waals surface area contributed by atoms with E-state index < -0.39 is 0 Å². The summed E-state index contributed by atoms with van der Waals surface area (Å²) in [6, 6.07) is 5.60. The molecule has 0 atom stereocenters. The Kier molecular flexibility index (Phi) is 6.87. The lowest BCUT2D eigenvalue weighted by atomic mass is 10.2. The van der Waals surface area contributed by atoms with E-state index in [1.165, 1.54) is 0 Å². The molecule has 27 heavy (non-hydrogen) atoms. The van der Waals surface area contributed by atoms with Gasteiger partial charge in [-0.1, -0.05) is 23.2 Å². The van der Waals surface area contributed by atoms with Crippen molar-refractivity contribution in [1.82, 2.24) is 14.5 Å². The molecule has 2 aromatic heterocycles. The molecule has 0 aliphatic carbocycles. The number of nitrogens with zero attached hydrogens (tertiary/aromatic N) is 3. The molecule has 2 heterocycles. The molecule has 0 aliphatic rings. The monoisotopic (exact) mass is 424 g/mol. The molecule has 0 fully saturated rings. The van der Waals surface area contributed by atoms with Crippen LogP contribution >= 0.6 is 35.0 Å². The molecule has 3 rings (SSSR count). The molecular formula is C19H22Cl2N4OS. The van der Waals surface area contributed by atoms with E-state index in [0.717, 1.165) is 52.5 Å². The molecule has 144 valence electrons. The van der Waals surface area contributed by atoms with Crippen molar-refractivity contribution in [2.75, 3.05) is 25.2 Å². The van der Waals surface area contributed by atoms with Gasteiger partial charge in [-0.25, -0.2) is 9.97 Å². The minimum absolute atomic E-state index is 0.468. The van der Waals surface area contributed by atoms with Gasteiger partial charge in [-0.15, -0.1) is 11.8 Å². The maximum absolute atomic E-state index is 6.25. The van der Waals surface area contributed by atoms with Crippen molar-refractivity contribution in [1.29, 1.82) is 0 Å². The summed E-state index contributed by atoms with van der Waals surface area (Å²) in [7, 11) is 1.70. The Bertz CT molecular complexity index is 945. The number of aryl methyl sites for hydroxylation is 2. The number of anilines is 1. The van der Waals surface area contributed by atoms with Crippen LogP contribution in [0.3, 0.4) is 0 Å². The predicted molar refractivity (Wildman–Crippen MR) is 114 cm³/mol. The summed E-state index contributed by atoms with van der Waals surface area (Å²) in [5, 5.41) is 1.34. The van der Waals surface area contributed by atoms with Crippen LogP contribution < -0.4 is 5.73 Å². The zero-order valence-electron chi connectivity index (χ0n) is 15.3. The first-order valence-corrected chi connectivity index (χ1v) is 10.4. The second-order valence-electron chi connectivity index (χ2n) is 6.22. The average molecular weight is 425 g/mol. The first-order chi connectivity index (χ1) is 13.0. The van der Waals surface area contributed by atoms with Gasteiger partial charge in [-0.3, -0.25) is 0 Å². The highest BCUT2D eigenvalue weighted by Gasteiger charge is 2.15. The molecule has 0 radical (unpaired) electrons. The summed E-state index contributed by atoms with van der Waals surface area (Å²) in [5.41, 5.74) is 8.95. The molecule has 8 heteroatoms. The van der Waals surface area contributed by atoms with Crippen molar-refractivity contribution < 1.29 is 4.74 Å². The Morgan fingerprint density at radius 3 is 2.85 bits per heavy atom. The molecule has 0 unspecified atom stereocenters. The van der Waals surface area contributed by atoms with Crippen molar-refractivity contribution in [3.63, 3.8) is 0 Å². The smallest absolute Gasteiger partial charge is 0.151 e. The zero-order chi connectivity index (χ0) is 19.4. The lowest BCUT2D eigenvalue weighted by molar-refractivity contribution is 0.199. The highest BCUT2D eigenvalue weighted by molar-refractivity contribution is 7.99. The molecule has 0 spiro atoms. The molecule has 2 N–H and O–H groups in total. The third-order valence-electron chi connectivity index (χ3n) is 4.27. The summed E-state index contributed by atoms with van der Waals surface area (Å²) in [4.78, 5) is 10.0. The van der Waals surface area contributed by atoms with Gasteiger partial charge in [-0.2, -0.15) is 0 Å². The Hall–Kier alpha value is -1.47. The summed E-state index contributed by atoms with van der Waals surface area (Å²) < 4.78 is 7.48. The van der Waals surface area contributed by atoms with Crippen molar-refractivity contribution in [2.24, 2.45) is 0 Å². The van der Waals surface area contributed by atoms with E-state index in [2.05, 4.69) is 9.55 Å². The quantitative estimate of drug-likeness (QED) is 0.406. The lowest BCUT2D eigenvalue weighted by Crippen LogP contribution is -2.08. The second kappa shape index (κ2) is 9.15. The number of ether oxygens (including phenoxy) is 1. The number of aromatic nitrogens is 3. The largest absolute Gasteiger partial charge is 0.384 e. The molecule has 0 bridgehead atoms. The van der Waals surface area contributed by atoms with Crippen LogP contribution in [0, 0.1) is 6.92 Å². The number of nitrogens with two attached hydrogens (primary N) is 1. The number of rotatable bonds is 8. The molecule has 1 aromatic carbocycles. The normalized spacial score (nSPS) is 11.4. The molecule has 5 nitrogen and oxygen atoms in total. The topological polar surface area (TPSA) is 66.0 Å². The van der Waals surface area contributed by atoms with E-state index in [9.17, 15) is 0 Å². The molecule has 0 aliphatic heterocycles. The Labute approximate surface area is 173 Å². The third kappa shape index (κ3) is 4.69. The number of pyridine rings is 1. The van der Waals surface area contributed by atoms with Gasteiger partial charge < -0.3 is 15.0 Å². The first kappa shape index (κ1) is 20.3. The standard InChI is InChI=1S/C19H22Cl2N4OS/c1-12-11-23-19(22)17-18(12)25(16(24-17)6-8-26-2)7-3-9-27-15-5-4-13(20)10-14(15)21/h4-5,10-11H,3,6-9H2,1-2H3,(H2,22,23). The minimum Gasteiger partial charge on any atom is -0.384 e. The fraction of sp³-hybridized carbons (Fsp3) is 0.368. The molecular weight excluding hydrogens is 403 g/mol. The van der Waals surface area contributed by atoms with Gasteiger partial charge >= 0.3 is 0 Å². The van der Waals surface area contributed by atoms with Gasteiger partial charge in [-0.05, 0) is 42.9 Å². The van der Waals surface area contributed by atoms with E-state index >= 15 is 0 Å². The first-order valence-electron chi connectivity index (χ1n) is 8.68. The van der Waals surface area contributed by atoms with Crippen molar-refractivity contribution in [3.8, 4) is 0 Å². The number of thioether (sulfide) groups is 1. The second-order valence-corrected chi connectivity index (χ2v) is 8.20. The predicted octanol–water partition coefficient (Wildman–Crippen LogP) is 5.00. The zero-order valence-corrected chi connectivity index (χ0v) is 17.7. The van der Waals surface area contributed by atoms with Gasteiger partial charge in [0, 0.05) is 36.2 Å². The average Bonchev–Trinajstić information content (AvgIpc) is 3.01. The van der Waals surface area contributed by atoms with E-state index in [-0.39, 0.29) is 0 Å². The SMILES string of the molecule is COCCc1nc2c(N)ncc(C)c2n1CCCSc1ccc(Cl)cc1Cl. The number of benzene rings is 1. The fourth-order valence-electron chi connectivity index (χ4n) is 2.99. The summed E-state index contributed by atoms with van der Waals surface area (Å²) in [6.45, 7) is 3.50. The minimum atomic E-state index is 0.468. The number of halogens is 2. The van der Waals surface area contributed by atoms with Gasteiger partial charge in [0.2, 0.25) is 0 Å². The van der Waals surface area contributed by atoms with E-state index in [0.29, 0.717) is 22.5 Å². The molecule has 3 aromatic rings. The van der Waals surface area contributed by atoms with Crippen molar-refractivity contribution in [2.45, 2.75) is 31.2 Å². The van der Waals surface area contributed by atoms with Gasteiger partial charge in [0.1, 0.15) is 11.3 Å². The van der Waals surface area contributed by atoms with Gasteiger partial charge in [0.05, 0.1) is 17.1 Å². The number of fused-ring (bicyclic) bond motifs is 1. The van der Waals surface area contributed by atoms with Crippen molar-refractivity contribution in [3.05, 3.63) is 45.8 Å². The number of nitrogen functional groups attached to an aromatic ring is 1. The summed E-state index contributed by atoms with van der Waals surface area (Å²) >= 11 is 13.9. The van der Waals surface area contributed by atoms with Crippen LogP contribution in [-0.4, -0.2) is 34.0 Å². The van der Waals surface area contributed by atoms with Crippen LogP contribution in [0.5, 0.6) is 0 Å². The number of imidazole rings is 1. The van der Waals surface area contributed by atoms with Crippen LogP contribution in [-0.2, 0) is 17.7 Å². The Morgan fingerprint density at radius 1 is 1.30 bits per heavy atom. The van der Waals surface area contributed by atoms with Gasteiger partial charge in [0.15, 0.2) is 5.82 Å². The summed E-state index contributed by atoms with van der Waals surface area (Å²) in [5.74, 6) is 2.38. The van der Waals surface area contributed by atoms with Gasteiger partial charge in [0.25, 0.3) is 0 Å². The Morgan fingerprint density at radius 2 is 2.11 bits per heavy atom. The van der Waals surface area contributed by atoms with Crippen LogP contribution in [0.2, 0.25) is 10.0 Å². The maximum atomic E-state index is 6.25. The molecule has 0 saturated carbocycles.